The number of hydrogen-bond donors (Lipinski definition) is 0. The number of aryl methyl sites for hydroxylation is 1. The zero-order chi connectivity index (χ0) is 17.4. The fourth-order valence-electron chi connectivity index (χ4n) is 3.23. The van der Waals surface area contributed by atoms with Crippen LogP contribution in [0.15, 0.2) is 66.9 Å². The number of hydrogen-bond acceptors (Lipinski definition) is 2. The predicted molar refractivity (Wildman–Crippen MR) is 105 cm³/mol. The number of rotatable bonds is 3. The van der Waals surface area contributed by atoms with Crippen LogP contribution < -0.4 is 4.74 Å². The second kappa shape index (κ2) is 6.21. The van der Waals surface area contributed by atoms with Crippen molar-refractivity contribution in [3.8, 4) is 11.6 Å². The summed E-state index contributed by atoms with van der Waals surface area (Å²) < 4.78 is 6.10. The van der Waals surface area contributed by atoms with Gasteiger partial charge in [-0.15, -0.1) is 0 Å². The highest BCUT2D eigenvalue weighted by molar-refractivity contribution is 6.07. The maximum Gasteiger partial charge on any atom is 0.219 e. The van der Waals surface area contributed by atoms with Crippen LogP contribution in [0.4, 0.5) is 0 Å². The van der Waals surface area contributed by atoms with E-state index >= 15 is 0 Å². The van der Waals surface area contributed by atoms with Crippen LogP contribution in [0.5, 0.6) is 11.6 Å². The molecule has 0 spiro atoms. The third kappa shape index (κ3) is 3.08. The van der Waals surface area contributed by atoms with Crippen LogP contribution in [-0.2, 0) is 0 Å². The Bertz CT molecular complexity index is 1070. The lowest BCUT2D eigenvalue weighted by atomic mass is 10.0. The molecule has 4 aromatic rings. The first-order valence-electron chi connectivity index (χ1n) is 8.67. The number of benzene rings is 3. The van der Waals surface area contributed by atoms with Crippen LogP contribution in [0.25, 0.3) is 21.5 Å². The van der Waals surface area contributed by atoms with E-state index in [2.05, 4.69) is 80.4 Å². The summed E-state index contributed by atoms with van der Waals surface area (Å²) in [6.07, 6.45) is 1.89. The molecule has 2 heteroatoms. The molecule has 0 saturated carbocycles. The van der Waals surface area contributed by atoms with Crippen molar-refractivity contribution in [2.45, 2.75) is 26.7 Å². The van der Waals surface area contributed by atoms with Gasteiger partial charge < -0.3 is 4.74 Å². The van der Waals surface area contributed by atoms with Gasteiger partial charge >= 0.3 is 0 Å². The quantitative estimate of drug-likeness (QED) is 0.395. The van der Waals surface area contributed by atoms with Gasteiger partial charge in [-0.25, -0.2) is 4.98 Å². The first-order valence-corrected chi connectivity index (χ1v) is 8.67. The predicted octanol–water partition coefficient (Wildman–Crippen LogP) is 6.61. The fraction of sp³-hybridized carbons (Fsp3) is 0.174. The maximum atomic E-state index is 6.10. The third-order valence-corrected chi connectivity index (χ3v) is 4.57. The fourth-order valence-corrected chi connectivity index (χ4v) is 3.23. The highest BCUT2D eigenvalue weighted by Gasteiger charge is 2.07. The minimum Gasteiger partial charge on any atom is -0.439 e. The monoisotopic (exact) mass is 327 g/mol. The molecule has 0 aliphatic carbocycles. The topological polar surface area (TPSA) is 22.1 Å². The van der Waals surface area contributed by atoms with E-state index in [1.807, 2.05) is 12.3 Å². The second-order valence-electron chi connectivity index (χ2n) is 6.87. The Morgan fingerprint density at radius 3 is 2.48 bits per heavy atom. The minimum atomic E-state index is 0.468. The molecule has 0 atom stereocenters. The van der Waals surface area contributed by atoms with E-state index in [-0.39, 0.29) is 0 Å². The van der Waals surface area contributed by atoms with E-state index < -0.39 is 0 Å². The molecule has 0 fully saturated rings. The summed E-state index contributed by atoms with van der Waals surface area (Å²) in [7, 11) is 0. The molecule has 0 N–H and O–H groups in total. The largest absolute Gasteiger partial charge is 0.439 e. The van der Waals surface area contributed by atoms with E-state index in [9.17, 15) is 0 Å². The van der Waals surface area contributed by atoms with Gasteiger partial charge in [0.05, 0.1) is 0 Å². The molecule has 3 aromatic carbocycles. The SMILES string of the molecule is Cc1cc(Oc2cc3c(ccc4ccccc43)cn2)cc(C(C)C)c1. The minimum absolute atomic E-state index is 0.468. The summed E-state index contributed by atoms with van der Waals surface area (Å²) in [6.45, 7) is 6.48. The molecule has 124 valence electrons. The number of ether oxygens (including phenoxy) is 1. The van der Waals surface area contributed by atoms with Crippen molar-refractivity contribution < 1.29 is 4.74 Å². The molecule has 0 amide bonds. The average molecular weight is 327 g/mol. The Kier molecular flexibility index (Phi) is 3.89. The molecule has 25 heavy (non-hydrogen) atoms. The van der Waals surface area contributed by atoms with Crippen molar-refractivity contribution in [2.75, 3.05) is 0 Å². The Morgan fingerprint density at radius 2 is 1.64 bits per heavy atom. The first-order chi connectivity index (χ1) is 12.1. The maximum absolute atomic E-state index is 6.10. The lowest BCUT2D eigenvalue weighted by Crippen LogP contribution is -1.93. The summed E-state index contributed by atoms with van der Waals surface area (Å²) in [5, 5.41) is 4.74. The van der Waals surface area contributed by atoms with Crippen LogP contribution in [0.3, 0.4) is 0 Å². The highest BCUT2D eigenvalue weighted by Crippen LogP contribution is 2.30. The zero-order valence-corrected chi connectivity index (χ0v) is 14.8. The normalized spacial score (nSPS) is 11.4. The summed E-state index contributed by atoms with van der Waals surface area (Å²) in [4.78, 5) is 4.49. The molecule has 0 radical (unpaired) electrons. The number of aromatic nitrogens is 1. The Morgan fingerprint density at radius 1 is 0.840 bits per heavy atom. The lowest BCUT2D eigenvalue weighted by Gasteiger charge is -2.12. The van der Waals surface area contributed by atoms with Crippen LogP contribution in [0, 0.1) is 6.92 Å². The standard InChI is InChI=1S/C23H21NO/c1-15(2)19-10-16(3)11-20(12-19)25-23-13-22-18(14-24-23)9-8-17-6-4-5-7-21(17)22/h4-15H,1-3H3. The second-order valence-corrected chi connectivity index (χ2v) is 6.87. The van der Waals surface area contributed by atoms with Gasteiger partial charge in [0.1, 0.15) is 5.75 Å². The van der Waals surface area contributed by atoms with Gasteiger partial charge in [-0.2, -0.15) is 0 Å². The van der Waals surface area contributed by atoms with E-state index in [4.69, 9.17) is 4.74 Å². The lowest BCUT2D eigenvalue weighted by molar-refractivity contribution is 0.462. The van der Waals surface area contributed by atoms with Crippen LogP contribution in [-0.4, -0.2) is 4.98 Å². The molecule has 2 nitrogen and oxygen atoms in total. The molecular formula is C23H21NO. The van der Waals surface area contributed by atoms with Gasteiger partial charge in [0.2, 0.25) is 5.88 Å². The highest BCUT2D eigenvalue weighted by atomic mass is 16.5. The van der Waals surface area contributed by atoms with E-state index in [0.717, 1.165) is 11.1 Å². The van der Waals surface area contributed by atoms with Crippen molar-refractivity contribution in [3.63, 3.8) is 0 Å². The van der Waals surface area contributed by atoms with Gasteiger partial charge in [-0.3, -0.25) is 0 Å². The van der Waals surface area contributed by atoms with Crippen LogP contribution >= 0.6 is 0 Å². The van der Waals surface area contributed by atoms with Crippen molar-refractivity contribution in [1.29, 1.82) is 0 Å². The summed E-state index contributed by atoms with van der Waals surface area (Å²) in [5.41, 5.74) is 2.48. The van der Waals surface area contributed by atoms with E-state index in [1.54, 1.807) is 0 Å². The van der Waals surface area contributed by atoms with Crippen LogP contribution in [0.1, 0.15) is 30.9 Å². The average Bonchev–Trinajstić information content (AvgIpc) is 2.61. The van der Waals surface area contributed by atoms with Gasteiger partial charge in [0.25, 0.3) is 0 Å². The zero-order valence-electron chi connectivity index (χ0n) is 14.8. The molecule has 1 heterocycles. The molecule has 0 bridgehead atoms. The summed E-state index contributed by atoms with van der Waals surface area (Å²) >= 11 is 0. The number of fused-ring (bicyclic) bond motifs is 3. The first kappa shape index (κ1) is 15.6. The van der Waals surface area contributed by atoms with Crippen LogP contribution in [0.2, 0.25) is 0 Å². The van der Waals surface area contributed by atoms with Crippen molar-refractivity contribution in [3.05, 3.63) is 78.0 Å². The van der Waals surface area contributed by atoms with Gasteiger partial charge in [0.15, 0.2) is 0 Å². The Hall–Kier alpha value is -2.87. The van der Waals surface area contributed by atoms with E-state index in [0.29, 0.717) is 11.8 Å². The molecule has 1 aromatic heterocycles. The number of nitrogens with zero attached hydrogens (tertiary/aromatic N) is 1. The molecule has 4 rings (SSSR count). The number of pyridine rings is 1. The summed E-state index contributed by atoms with van der Waals surface area (Å²) in [5.74, 6) is 1.94. The summed E-state index contributed by atoms with van der Waals surface area (Å²) in [6, 6.07) is 21.1. The van der Waals surface area contributed by atoms with Crippen molar-refractivity contribution in [2.24, 2.45) is 0 Å². The van der Waals surface area contributed by atoms with Gasteiger partial charge in [0, 0.05) is 17.6 Å². The molecule has 0 aliphatic rings. The van der Waals surface area contributed by atoms with Gasteiger partial charge in [-0.1, -0.05) is 56.3 Å². The smallest absolute Gasteiger partial charge is 0.219 e. The van der Waals surface area contributed by atoms with Gasteiger partial charge in [-0.05, 0) is 52.3 Å². The van der Waals surface area contributed by atoms with Crippen molar-refractivity contribution in [1.82, 2.24) is 4.98 Å². The molecule has 0 aliphatic heterocycles. The molecular weight excluding hydrogens is 306 g/mol. The third-order valence-electron chi connectivity index (χ3n) is 4.57. The van der Waals surface area contributed by atoms with E-state index in [1.165, 1.54) is 27.3 Å². The Labute approximate surface area is 148 Å². The molecule has 0 saturated heterocycles. The van der Waals surface area contributed by atoms with Crippen molar-refractivity contribution >= 4 is 21.5 Å². The Balaban J connectivity index is 1.78. The molecule has 0 unspecified atom stereocenters.